The Labute approximate surface area is 138 Å². The van der Waals surface area contributed by atoms with Crippen LogP contribution in [0.3, 0.4) is 0 Å². The minimum Gasteiger partial charge on any atom is -0.481 e. The molecule has 1 aliphatic rings. The highest BCUT2D eigenvalue weighted by Crippen LogP contribution is 2.27. The van der Waals surface area contributed by atoms with E-state index in [1.807, 2.05) is 26.0 Å². The Morgan fingerprint density at radius 3 is 2.64 bits per heavy atom. The van der Waals surface area contributed by atoms with Crippen LogP contribution in [0.1, 0.15) is 34.3 Å². The van der Waals surface area contributed by atoms with Gasteiger partial charge in [-0.15, -0.1) is 0 Å². The molecule has 1 aromatic rings. The average Bonchev–Trinajstić information content (AvgIpc) is 2.84. The van der Waals surface area contributed by atoms with Crippen LogP contribution in [0.25, 0.3) is 0 Å². The van der Waals surface area contributed by atoms with E-state index in [1.165, 1.54) is 0 Å². The number of ether oxygens (including phenoxy) is 1. The van der Waals surface area contributed by atoms with Crippen molar-refractivity contribution in [3.8, 4) is 0 Å². The normalized spacial score (nSPS) is 21.2. The first-order valence-corrected chi connectivity index (χ1v) is 7.95. The molecule has 0 radical (unpaired) electrons. The van der Waals surface area contributed by atoms with Gasteiger partial charge in [-0.2, -0.15) is 0 Å². The second-order valence-electron chi connectivity index (χ2n) is 5.72. The summed E-state index contributed by atoms with van der Waals surface area (Å²) in [4.78, 5) is 25.5. The third-order valence-corrected chi connectivity index (χ3v) is 4.97. The van der Waals surface area contributed by atoms with Crippen LogP contribution in [0.2, 0.25) is 0 Å². The number of benzene rings is 1. The minimum absolute atomic E-state index is 0.0554. The highest BCUT2D eigenvalue weighted by atomic mass is 79.9. The highest BCUT2D eigenvalue weighted by molar-refractivity contribution is 9.10. The third-order valence-electron chi connectivity index (χ3n) is 4.12. The number of carboxylic acids is 1. The number of amides is 1. The number of carbonyl (C=O) groups is 2. The second-order valence-corrected chi connectivity index (χ2v) is 6.57. The van der Waals surface area contributed by atoms with Crippen LogP contribution in [-0.2, 0) is 9.53 Å². The van der Waals surface area contributed by atoms with E-state index < -0.39 is 5.97 Å². The number of rotatable bonds is 4. The molecule has 1 saturated heterocycles. The molecule has 22 heavy (non-hydrogen) atoms. The number of aliphatic carboxylic acids is 1. The molecule has 1 fully saturated rings. The van der Waals surface area contributed by atoms with E-state index in [0.717, 1.165) is 15.6 Å². The van der Waals surface area contributed by atoms with Crippen LogP contribution in [-0.4, -0.2) is 47.7 Å². The molecule has 0 spiro atoms. The molecule has 1 heterocycles. The van der Waals surface area contributed by atoms with Crippen LogP contribution in [0.5, 0.6) is 0 Å². The summed E-state index contributed by atoms with van der Waals surface area (Å²) in [5, 5.41) is 9.05. The predicted molar refractivity (Wildman–Crippen MR) is 86.1 cm³/mol. The third kappa shape index (κ3) is 3.50. The maximum absolute atomic E-state index is 12.8. The largest absolute Gasteiger partial charge is 0.481 e. The topological polar surface area (TPSA) is 66.8 Å². The van der Waals surface area contributed by atoms with E-state index in [4.69, 9.17) is 9.84 Å². The molecule has 1 aliphatic heterocycles. The molecule has 0 aliphatic carbocycles. The van der Waals surface area contributed by atoms with Crippen LogP contribution in [0.15, 0.2) is 16.6 Å². The number of likely N-dealkylation sites (tertiary alicyclic amines) is 1. The Morgan fingerprint density at radius 1 is 1.36 bits per heavy atom. The highest BCUT2D eigenvalue weighted by Gasteiger charge is 2.37. The molecular formula is C16H20BrNO4. The molecule has 1 amide bonds. The predicted octanol–water partition coefficient (Wildman–Crippen LogP) is 2.77. The Morgan fingerprint density at radius 2 is 2.05 bits per heavy atom. The SMILES string of the molecule is COC1CC(CC(=O)O)N(C(=O)c2cc(C)c(Br)cc2C)C1. The monoisotopic (exact) mass is 369 g/mol. The van der Waals surface area contributed by atoms with E-state index in [-0.39, 0.29) is 24.5 Å². The average molecular weight is 370 g/mol. The zero-order valence-corrected chi connectivity index (χ0v) is 14.5. The van der Waals surface area contributed by atoms with Gasteiger partial charge in [0.2, 0.25) is 0 Å². The Bertz CT molecular complexity index is 602. The van der Waals surface area contributed by atoms with E-state index in [1.54, 1.807) is 12.0 Å². The summed E-state index contributed by atoms with van der Waals surface area (Å²) in [5.74, 6) is -1.03. The molecule has 120 valence electrons. The maximum Gasteiger partial charge on any atom is 0.305 e. The summed E-state index contributed by atoms with van der Waals surface area (Å²) in [6.07, 6.45) is 0.397. The van der Waals surface area contributed by atoms with Gasteiger partial charge in [0.05, 0.1) is 12.5 Å². The van der Waals surface area contributed by atoms with Gasteiger partial charge >= 0.3 is 5.97 Å². The number of nitrogens with zero attached hydrogens (tertiary/aromatic N) is 1. The molecule has 0 saturated carbocycles. The van der Waals surface area contributed by atoms with Gasteiger partial charge in [0.25, 0.3) is 5.91 Å². The summed E-state index contributed by atoms with van der Waals surface area (Å²) in [5.41, 5.74) is 2.47. The Hall–Kier alpha value is -1.40. The number of carboxylic acid groups (broad SMARTS) is 1. The fraction of sp³-hybridized carbons (Fsp3) is 0.500. The zero-order chi connectivity index (χ0) is 16.4. The smallest absolute Gasteiger partial charge is 0.305 e. The fourth-order valence-corrected chi connectivity index (χ4v) is 3.31. The van der Waals surface area contributed by atoms with Gasteiger partial charge in [-0.05, 0) is 43.5 Å². The number of carbonyl (C=O) groups excluding carboxylic acids is 1. The van der Waals surface area contributed by atoms with E-state index in [9.17, 15) is 9.59 Å². The van der Waals surface area contributed by atoms with Crippen molar-refractivity contribution >= 4 is 27.8 Å². The molecule has 2 rings (SSSR count). The standard InChI is InChI=1S/C16H20BrNO4/c1-9-5-14(17)10(2)4-13(9)16(21)18-8-12(22-3)6-11(18)7-15(19)20/h4-5,11-12H,6-8H2,1-3H3,(H,19,20). The molecular weight excluding hydrogens is 350 g/mol. The van der Waals surface area contributed by atoms with Crippen molar-refractivity contribution in [1.29, 1.82) is 0 Å². The van der Waals surface area contributed by atoms with E-state index in [2.05, 4.69) is 15.9 Å². The number of hydrogen-bond acceptors (Lipinski definition) is 3. The minimum atomic E-state index is -0.900. The van der Waals surface area contributed by atoms with Crippen molar-refractivity contribution in [2.45, 2.75) is 38.8 Å². The van der Waals surface area contributed by atoms with Crippen molar-refractivity contribution in [3.05, 3.63) is 33.3 Å². The first-order valence-electron chi connectivity index (χ1n) is 7.15. The lowest BCUT2D eigenvalue weighted by molar-refractivity contribution is -0.137. The summed E-state index contributed by atoms with van der Waals surface area (Å²) < 4.78 is 6.28. The molecule has 1 aromatic carbocycles. The molecule has 2 unspecified atom stereocenters. The second kappa shape index (κ2) is 6.79. The first-order chi connectivity index (χ1) is 10.3. The lowest BCUT2D eigenvalue weighted by Gasteiger charge is -2.24. The van der Waals surface area contributed by atoms with E-state index in [0.29, 0.717) is 18.5 Å². The zero-order valence-electron chi connectivity index (χ0n) is 12.9. The summed E-state index contributed by atoms with van der Waals surface area (Å²) in [7, 11) is 1.59. The van der Waals surface area contributed by atoms with Gasteiger partial charge < -0.3 is 14.7 Å². The van der Waals surface area contributed by atoms with Gasteiger partial charge in [0.15, 0.2) is 0 Å². The lowest BCUT2D eigenvalue weighted by Crippen LogP contribution is -2.37. The molecule has 6 heteroatoms. The van der Waals surface area contributed by atoms with Crippen molar-refractivity contribution in [2.24, 2.45) is 0 Å². The van der Waals surface area contributed by atoms with Gasteiger partial charge in [0.1, 0.15) is 0 Å². The van der Waals surface area contributed by atoms with Crippen molar-refractivity contribution in [3.63, 3.8) is 0 Å². The van der Waals surface area contributed by atoms with Crippen LogP contribution < -0.4 is 0 Å². The Balaban J connectivity index is 2.30. The number of hydrogen-bond donors (Lipinski definition) is 1. The maximum atomic E-state index is 12.8. The number of halogens is 1. The van der Waals surface area contributed by atoms with Crippen molar-refractivity contribution in [1.82, 2.24) is 4.90 Å². The molecule has 1 N–H and O–H groups in total. The van der Waals surface area contributed by atoms with Gasteiger partial charge in [-0.25, -0.2) is 0 Å². The molecule has 0 aromatic heterocycles. The number of methoxy groups -OCH3 is 1. The van der Waals surface area contributed by atoms with Gasteiger partial charge in [-0.1, -0.05) is 15.9 Å². The quantitative estimate of drug-likeness (QED) is 0.885. The van der Waals surface area contributed by atoms with Crippen molar-refractivity contribution < 1.29 is 19.4 Å². The van der Waals surface area contributed by atoms with Crippen molar-refractivity contribution in [2.75, 3.05) is 13.7 Å². The first kappa shape index (κ1) is 17.0. The summed E-state index contributed by atoms with van der Waals surface area (Å²) >= 11 is 3.46. The summed E-state index contributed by atoms with van der Waals surface area (Å²) in [6, 6.07) is 3.44. The van der Waals surface area contributed by atoms with Crippen LogP contribution in [0.4, 0.5) is 0 Å². The fourth-order valence-electron chi connectivity index (χ4n) is 2.85. The molecule has 2 atom stereocenters. The van der Waals surface area contributed by atoms with Crippen LogP contribution >= 0.6 is 15.9 Å². The van der Waals surface area contributed by atoms with E-state index >= 15 is 0 Å². The summed E-state index contributed by atoms with van der Waals surface area (Å²) in [6.45, 7) is 4.24. The Kier molecular flexibility index (Phi) is 5.24. The molecule has 5 nitrogen and oxygen atoms in total. The number of aryl methyl sites for hydroxylation is 2. The van der Waals surface area contributed by atoms with Gasteiger partial charge in [-0.3, -0.25) is 9.59 Å². The lowest BCUT2D eigenvalue weighted by atomic mass is 10.0. The molecule has 0 bridgehead atoms. The van der Waals surface area contributed by atoms with Gasteiger partial charge in [0, 0.05) is 29.7 Å². The van der Waals surface area contributed by atoms with Crippen LogP contribution in [0, 0.1) is 13.8 Å².